The van der Waals surface area contributed by atoms with Gasteiger partial charge in [-0.3, -0.25) is 9.59 Å². The zero-order valence-corrected chi connectivity index (χ0v) is 14.5. The lowest BCUT2D eigenvalue weighted by Gasteiger charge is -2.12. The Morgan fingerprint density at radius 3 is 2.67 bits per heavy atom. The first-order valence-electron chi connectivity index (χ1n) is 8.40. The van der Waals surface area contributed by atoms with E-state index in [-0.39, 0.29) is 17.4 Å². The molecule has 0 fully saturated rings. The van der Waals surface area contributed by atoms with Crippen LogP contribution in [0.5, 0.6) is 0 Å². The zero-order valence-electron chi connectivity index (χ0n) is 14.5. The van der Waals surface area contributed by atoms with Gasteiger partial charge in [0.05, 0.1) is 5.39 Å². The van der Waals surface area contributed by atoms with Crippen molar-refractivity contribution >= 4 is 16.7 Å². The molecule has 1 aromatic heterocycles. The Kier molecular flexibility index (Phi) is 6.49. The maximum absolute atomic E-state index is 12.5. The molecule has 0 radical (unpaired) electrons. The van der Waals surface area contributed by atoms with Gasteiger partial charge >= 0.3 is 0 Å². The van der Waals surface area contributed by atoms with Crippen molar-refractivity contribution in [3.8, 4) is 0 Å². The van der Waals surface area contributed by atoms with Crippen LogP contribution in [-0.4, -0.2) is 35.4 Å². The molecule has 6 nitrogen and oxygen atoms in total. The quantitative estimate of drug-likeness (QED) is 0.753. The van der Waals surface area contributed by atoms with Gasteiger partial charge in [-0.15, -0.1) is 0 Å². The molecule has 0 aliphatic rings. The van der Waals surface area contributed by atoms with Crippen LogP contribution in [0, 0.1) is 5.92 Å². The number of carbonyl (C=O) groups excluding carboxylic acids is 1. The molecule has 1 aromatic carbocycles. The summed E-state index contributed by atoms with van der Waals surface area (Å²) in [6.45, 7) is 8.23. The molecule has 1 heterocycles. The predicted molar refractivity (Wildman–Crippen MR) is 94.3 cm³/mol. The van der Waals surface area contributed by atoms with E-state index in [0.29, 0.717) is 42.8 Å². The number of nitrogens with one attached hydrogen (secondary N) is 1. The number of hydrogen-bond donors (Lipinski definition) is 1. The molecule has 0 aliphatic carbocycles. The maximum Gasteiger partial charge on any atom is 0.274 e. The minimum Gasteiger partial charge on any atom is -0.382 e. The van der Waals surface area contributed by atoms with E-state index >= 15 is 0 Å². The molecule has 0 aliphatic heterocycles. The lowest BCUT2D eigenvalue weighted by molar-refractivity contribution is 0.0938. The number of benzene rings is 1. The Bertz CT molecular complexity index is 753. The van der Waals surface area contributed by atoms with Crippen molar-refractivity contribution in [2.75, 3.05) is 19.8 Å². The van der Waals surface area contributed by atoms with Gasteiger partial charge in [-0.25, -0.2) is 4.68 Å². The van der Waals surface area contributed by atoms with E-state index < -0.39 is 0 Å². The van der Waals surface area contributed by atoms with Crippen LogP contribution in [0.25, 0.3) is 10.8 Å². The Morgan fingerprint density at radius 1 is 1.29 bits per heavy atom. The fourth-order valence-electron chi connectivity index (χ4n) is 2.48. The fourth-order valence-corrected chi connectivity index (χ4v) is 2.48. The van der Waals surface area contributed by atoms with Crippen molar-refractivity contribution in [3.05, 3.63) is 40.3 Å². The summed E-state index contributed by atoms with van der Waals surface area (Å²) in [5, 5.41) is 8.28. The lowest BCUT2D eigenvalue weighted by atomic mass is 10.1. The lowest BCUT2D eigenvalue weighted by Crippen LogP contribution is -2.32. The van der Waals surface area contributed by atoms with Gasteiger partial charge in [0, 0.05) is 31.7 Å². The summed E-state index contributed by atoms with van der Waals surface area (Å²) < 4.78 is 6.65. The number of ether oxygens (including phenoxy) is 1. The molecule has 6 heteroatoms. The largest absolute Gasteiger partial charge is 0.382 e. The molecule has 1 N–H and O–H groups in total. The number of rotatable bonds is 8. The van der Waals surface area contributed by atoms with Crippen LogP contribution in [0.4, 0.5) is 0 Å². The SMILES string of the molecule is CCOCCCNC(=O)c1nn(CC(C)C)c(=O)c2ccccc12. The van der Waals surface area contributed by atoms with Crippen LogP contribution < -0.4 is 10.9 Å². The summed E-state index contributed by atoms with van der Waals surface area (Å²) in [5.41, 5.74) is 0.134. The maximum atomic E-state index is 12.5. The van der Waals surface area contributed by atoms with Gasteiger partial charge in [-0.1, -0.05) is 32.0 Å². The van der Waals surface area contributed by atoms with Crippen molar-refractivity contribution in [2.24, 2.45) is 5.92 Å². The Morgan fingerprint density at radius 2 is 2.00 bits per heavy atom. The summed E-state index contributed by atoms with van der Waals surface area (Å²) in [5.74, 6) is -0.00123. The fraction of sp³-hybridized carbons (Fsp3) is 0.500. The van der Waals surface area contributed by atoms with Gasteiger partial charge in [0.2, 0.25) is 0 Å². The molecule has 1 amide bonds. The second kappa shape index (κ2) is 8.59. The van der Waals surface area contributed by atoms with E-state index in [2.05, 4.69) is 10.4 Å². The van der Waals surface area contributed by atoms with Gasteiger partial charge in [0.1, 0.15) is 0 Å². The summed E-state index contributed by atoms with van der Waals surface area (Å²) in [6, 6.07) is 7.11. The average molecular weight is 331 g/mol. The first-order chi connectivity index (χ1) is 11.5. The summed E-state index contributed by atoms with van der Waals surface area (Å²) in [4.78, 5) is 25.0. The van der Waals surface area contributed by atoms with Crippen LogP contribution >= 0.6 is 0 Å². The third-order valence-electron chi connectivity index (χ3n) is 3.58. The summed E-state index contributed by atoms with van der Waals surface area (Å²) in [7, 11) is 0. The van der Waals surface area contributed by atoms with Crippen molar-refractivity contribution in [1.29, 1.82) is 0 Å². The number of aromatic nitrogens is 2. The number of fused-ring (bicyclic) bond motifs is 1. The van der Waals surface area contributed by atoms with E-state index in [9.17, 15) is 9.59 Å². The molecule has 2 aromatic rings. The molecular formula is C18H25N3O3. The molecule has 0 bridgehead atoms. The van der Waals surface area contributed by atoms with Gasteiger partial charge in [-0.05, 0) is 25.3 Å². The smallest absolute Gasteiger partial charge is 0.274 e. The molecular weight excluding hydrogens is 306 g/mol. The third kappa shape index (κ3) is 4.41. The molecule has 0 saturated heterocycles. The van der Waals surface area contributed by atoms with E-state index in [1.54, 1.807) is 18.2 Å². The number of amides is 1. The van der Waals surface area contributed by atoms with Crippen LogP contribution in [-0.2, 0) is 11.3 Å². The van der Waals surface area contributed by atoms with E-state index in [1.165, 1.54) is 4.68 Å². The zero-order chi connectivity index (χ0) is 17.5. The highest BCUT2D eigenvalue weighted by molar-refractivity contribution is 6.04. The monoisotopic (exact) mass is 331 g/mol. The Labute approximate surface area is 141 Å². The van der Waals surface area contributed by atoms with Crippen LogP contribution in [0.1, 0.15) is 37.7 Å². The Balaban J connectivity index is 2.29. The second-order valence-corrected chi connectivity index (χ2v) is 6.08. The van der Waals surface area contributed by atoms with Crippen molar-refractivity contribution in [2.45, 2.75) is 33.7 Å². The van der Waals surface area contributed by atoms with Crippen LogP contribution in [0.15, 0.2) is 29.1 Å². The Hall–Kier alpha value is -2.21. The minimum atomic E-state index is -0.264. The van der Waals surface area contributed by atoms with Gasteiger partial charge in [-0.2, -0.15) is 5.10 Å². The van der Waals surface area contributed by atoms with Crippen molar-refractivity contribution in [3.63, 3.8) is 0 Å². The predicted octanol–water partition coefficient (Wildman–Crippen LogP) is 2.21. The molecule has 0 unspecified atom stereocenters. The van der Waals surface area contributed by atoms with E-state index in [1.807, 2.05) is 26.8 Å². The average Bonchev–Trinajstić information content (AvgIpc) is 2.56. The summed E-state index contributed by atoms with van der Waals surface area (Å²) >= 11 is 0. The number of hydrogen-bond acceptors (Lipinski definition) is 4. The second-order valence-electron chi connectivity index (χ2n) is 6.08. The third-order valence-corrected chi connectivity index (χ3v) is 3.58. The first-order valence-corrected chi connectivity index (χ1v) is 8.40. The number of nitrogens with zero attached hydrogens (tertiary/aromatic N) is 2. The highest BCUT2D eigenvalue weighted by Crippen LogP contribution is 2.13. The molecule has 2 rings (SSSR count). The minimum absolute atomic E-state index is 0.160. The van der Waals surface area contributed by atoms with Crippen LogP contribution in [0.2, 0.25) is 0 Å². The van der Waals surface area contributed by atoms with Gasteiger partial charge in [0.25, 0.3) is 11.5 Å². The molecule has 24 heavy (non-hydrogen) atoms. The molecule has 0 saturated carbocycles. The highest BCUT2D eigenvalue weighted by Gasteiger charge is 2.16. The number of carbonyl (C=O) groups is 1. The normalized spacial score (nSPS) is 11.2. The van der Waals surface area contributed by atoms with Crippen LogP contribution in [0.3, 0.4) is 0 Å². The summed E-state index contributed by atoms with van der Waals surface area (Å²) in [6.07, 6.45) is 0.739. The van der Waals surface area contributed by atoms with E-state index in [4.69, 9.17) is 4.74 Å². The standard InChI is InChI=1S/C18H25N3O3/c1-4-24-11-7-10-19-17(22)16-14-8-5-6-9-15(14)18(23)21(20-16)12-13(2)3/h5-6,8-9,13H,4,7,10-12H2,1-3H3,(H,19,22). The van der Waals surface area contributed by atoms with Gasteiger partial charge in [0.15, 0.2) is 5.69 Å². The molecule has 0 atom stereocenters. The van der Waals surface area contributed by atoms with E-state index in [0.717, 1.165) is 6.42 Å². The topological polar surface area (TPSA) is 73.2 Å². The highest BCUT2D eigenvalue weighted by atomic mass is 16.5. The van der Waals surface area contributed by atoms with Crippen molar-refractivity contribution < 1.29 is 9.53 Å². The first kappa shape index (κ1) is 18.1. The molecule has 130 valence electrons. The van der Waals surface area contributed by atoms with Gasteiger partial charge < -0.3 is 10.1 Å². The molecule has 0 spiro atoms. The van der Waals surface area contributed by atoms with Crippen molar-refractivity contribution in [1.82, 2.24) is 15.1 Å².